The van der Waals surface area contributed by atoms with Gasteiger partial charge in [-0.3, -0.25) is 9.59 Å². The molecule has 116 valence electrons. The topological polar surface area (TPSA) is 40.6 Å². The summed E-state index contributed by atoms with van der Waals surface area (Å²) in [6, 6.07) is 6.05. The number of likely N-dealkylation sites (tertiary alicyclic amines) is 1. The van der Waals surface area contributed by atoms with Crippen molar-refractivity contribution in [3.63, 3.8) is 0 Å². The van der Waals surface area contributed by atoms with E-state index in [9.17, 15) is 14.0 Å². The second-order valence-electron chi connectivity index (χ2n) is 6.92. The molecule has 22 heavy (non-hydrogen) atoms. The van der Waals surface area contributed by atoms with Gasteiger partial charge in [0.25, 0.3) is 0 Å². The van der Waals surface area contributed by atoms with Crippen LogP contribution >= 0.6 is 0 Å². The number of benzene rings is 1. The molecule has 3 fully saturated rings. The Balaban J connectivity index is 1.50. The zero-order valence-electron chi connectivity index (χ0n) is 12.4. The lowest BCUT2D eigenvalue weighted by Crippen LogP contribution is -2.34. The third-order valence-corrected chi connectivity index (χ3v) is 5.14. The van der Waals surface area contributed by atoms with E-state index in [1.165, 1.54) is 12.1 Å². The second-order valence-corrected chi connectivity index (χ2v) is 6.92. The molecule has 0 bridgehead atoms. The minimum atomic E-state index is -0.299. The maximum absolute atomic E-state index is 13.0. The molecule has 1 aliphatic carbocycles. The van der Waals surface area contributed by atoms with Crippen molar-refractivity contribution in [2.75, 3.05) is 24.5 Å². The van der Waals surface area contributed by atoms with E-state index in [0.717, 1.165) is 31.5 Å². The molecule has 2 heterocycles. The zero-order valence-corrected chi connectivity index (χ0v) is 12.4. The highest BCUT2D eigenvalue weighted by Gasteiger charge is 2.50. The maximum Gasteiger partial charge on any atom is 0.227 e. The van der Waals surface area contributed by atoms with Gasteiger partial charge in [0.1, 0.15) is 5.82 Å². The first-order chi connectivity index (χ1) is 10.6. The van der Waals surface area contributed by atoms with Crippen molar-refractivity contribution in [3.8, 4) is 0 Å². The molecule has 0 N–H and O–H groups in total. The van der Waals surface area contributed by atoms with Crippen LogP contribution in [0.25, 0.3) is 0 Å². The first kappa shape index (κ1) is 13.7. The van der Waals surface area contributed by atoms with Gasteiger partial charge in [-0.05, 0) is 43.5 Å². The molecule has 2 saturated heterocycles. The molecule has 2 amide bonds. The predicted molar refractivity (Wildman–Crippen MR) is 79.7 cm³/mol. The summed E-state index contributed by atoms with van der Waals surface area (Å²) < 4.78 is 13.0. The Hall–Kier alpha value is -1.91. The predicted octanol–water partition coefficient (Wildman–Crippen LogP) is 2.19. The molecule has 0 aromatic heterocycles. The summed E-state index contributed by atoms with van der Waals surface area (Å²) in [6.07, 6.45) is 3.40. The van der Waals surface area contributed by atoms with Crippen LogP contribution in [0.3, 0.4) is 0 Å². The van der Waals surface area contributed by atoms with Crippen LogP contribution < -0.4 is 4.90 Å². The second kappa shape index (κ2) is 4.80. The van der Waals surface area contributed by atoms with E-state index in [1.807, 2.05) is 4.90 Å². The van der Waals surface area contributed by atoms with E-state index in [0.29, 0.717) is 19.5 Å². The standard InChI is InChI=1S/C17H19FN2O2/c18-13-3-5-14(6-4-13)20-11-17(9-15(20)21)7-8-19(10-17)16(22)12-1-2-12/h3-6,12H,1-2,7-11H2/t17-/m0/s1. The fraction of sp³-hybridized carbons (Fsp3) is 0.529. The van der Waals surface area contributed by atoms with Crippen molar-refractivity contribution < 1.29 is 14.0 Å². The molecule has 0 unspecified atom stereocenters. The molecular formula is C17H19FN2O2. The minimum absolute atomic E-state index is 0.0762. The number of carbonyl (C=O) groups excluding carboxylic acids is 2. The number of amides is 2. The third kappa shape index (κ3) is 2.28. The van der Waals surface area contributed by atoms with Crippen molar-refractivity contribution in [3.05, 3.63) is 30.1 Å². The maximum atomic E-state index is 13.0. The summed E-state index contributed by atoms with van der Waals surface area (Å²) in [6.45, 7) is 2.08. The Labute approximate surface area is 128 Å². The van der Waals surface area contributed by atoms with Crippen LogP contribution in [0.4, 0.5) is 10.1 Å². The van der Waals surface area contributed by atoms with Crippen LogP contribution in [-0.2, 0) is 9.59 Å². The van der Waals surface area contributed by atoms with Crippen molar-refractivity contribution >= 4 is 17.5 Å². The lowest BCUT2D eigenvalue weighted by Gasteiger charge is -2.24. The van der Waals surface area contributed by atoms with E-state index < -0.39 is 0 Å². The summed E-state index contributed by atoms with van der Waals surface area (Å²) in [5.74, 6) is 0.282. The van der Waals surface area contributed by atoms with Gasteiger partial charge in [0, 0.05) is 43.1 Å². The van der Waals surface area contributed by atoms with Gasteiger partial charge in [0.05, 0.1) is 0 Å². The van der Waals surface area contributed by atoms with E-state index in [4.69, 9.17) is 0 Å². The van der Waals surface area contributed by atoms with Crippen LogP contribution in [0.2, 0.25) is 0 Å². The van der Waals surface area contributed by atoms with Crippen LogP contribution in [0.15, 0.2) is 24.3 Å². The summed E-state index contributed by atoms with van der Waals surface area (Å²) in [5, 5.41) is 0. The quantitative estimate of drug-likeness (QED) is 0.840. The van der Waals surface area contributed by atoms with Crippen molar-refractivity contribution in [1.82, 2.24) is 4.90 Å². The first-order valence-electron chi connectivity index (χ1n) is 7.91. The molecule has 2 aliphatic heterocycles. The average Bonchev–Trinajstić information content (AvgIpc) is 3.20. The molecule has 1 aromatic rings. The van der Waals surface area contributed by atoms with Crippen LogP contribution in [-0.4, -0.2) is 36.3 Å². The lowest BCUT2D eigenvalue weighted by molar-refractivity contribution is -0.132. The normalized spacial score (nSPS) is 28.0. The van der Waals surface area contributed by atoms with Gasteiger partial charge in [-0.2, -0.15) is 0 Å². The van der Waals surface area contributed by atoms with Crippen LogP contribution in [0, 0.1) is 17.2 Å². The number of nitrogens with zero attached hydrogens (tertiary/aromatic N) is 2. The van der Waals surface area contributed by atoms with E-state index in [-0.39, 0.29) is 29.0 Å². The Bertz CT molecular complexity index is 626. The number of anilines is 1. The van der Waals surface area contributed by atoms with Crippen LogP contribution in [0.1, 0.15) is 25.7 Å². The van der Waals surface area contributed by atoms with Crippen molar-refractivity contribution in [2.45, 2.75) is 25.7 Å². The molecular weight excluding hydrogens is 283 g/mol. The minimum Gasteiger partial charge on any atom is -0.342 e. The van der Waals surface area contributed by atoms with Gasteiger partial charge in [0.15, 0.2) is 0 Å². The SMILES string of the molecule is O=C(C1CC1)N1CC[C@]2(CC(=O)N(c3ccc(F)cc3)C2)C1. The van der Waals surface area contributed by atoms with Crippen molar-refractivity contribution in [2.24, 2.45) is 11.3 Å². The number of carbonyl (C=O) groups is 2. The Morgan fingerprint density at radius 3 is 2.59 bits per heavy atom. The van der Waals surface area contributed by atoms with Gasteiger partial charge in [-0.1, -0.05) is 0 Å². The molecule has 3 aliphatic rings. The van der Waals surface area contributed by atoms with Crippen molar-refractivity contribution in [1.29, 1.82) is 0 Å². The van der Waals surface area contributed by atoms with Gasteiger partial charge >= 0.3 is 0 Å². The summed E-state index contributed by atoms with van der Waals surface area (Å²) in [5.41, 5.74) is 0.631. The molecule has 1 atom stereocenters. The van der Waals surface area contributed by atoms with E-state index >= 15 is 0 Å². The number of halogens is 1. The summed E-state index contributed by atoms with van der Waals surface area (Å²) in [4.78, 5) is 28.3. The molecule has 5 heteroatoms. The summed E-state index contributed by atoms with van der Waals surface area (Å²) >= 11 is 0. The molecule has 0 radical (unpaired) electrons. The fourth-order valence-corrected chi connectivity index (χ4v) is 3.74. The number of hydrogen-bond donors (Lipinski definition) is 0. The van der Waals surface area contributed by atoms with Gasteiger partial charge < -0.3 is 9.80 Å². The largest absolute Gasteiger partial charge is 0.342 e. The average molecular weight is 302 g/mol. The molecule has 4 nitrogen and oxygen atoms in total. The Morgan fingerprint density at radius 1 is 1.18 bits per heavy atom. The van der Waals surface area contributed by atoms with Gasteiger partial charge in [-0.25, -0.2) is 4.39 Å². The van der Waals surface area contributed by atoms with E-state index in [2.05, 4.69) is 0 Å². The highest BCUT2D eigenvalue weighted by Crippen LogP contribution is 2.43. The lowest BCUT2D eigenvalue weighted by atomic mass is 9.86. The summed E-state index contributed by atoms with van der Waals surface area (Å²) in [7, 11) is 0. The Morgan fingerprint density at radius 2 is 1.91 bits per heavy atom. The van der Waals surface area contributed by atoms with E-state index in [1.54, 1.807) is 17.0 Å². The third-order valence-electron chi connectivity index (χ3n) is 5.14. The zero-order chi connectivity index (χ0) is 15.3. The fourth-order valence-electron chi connectivity index (χ4n) is 3.74. The van der Waals surface area contributed by atoms with Crippen LogP contribution in [0.5, 0.6) is 0 Å². The monoisotopic (exact) mass is 302 g/mol. The highest BCUT2D eigenvalue weighted by molar-refractivity contribution is 5.96. The number of hydrogen-bond acceptors (Lipinski definition) is 2. The molecule has 1 spiro atoms. The molecule has 1 aromatic carbocycles. The molecule has 1 saturated carbocycles. The van der Waals surface area contributed by atoms with Gasteiger partial charge in [-0.15, -0.1) is 0 Å². The highest BCUT2D eigenvalue weighted by atomic mass is 19.1. The Kier molecular flexibility index (Phi) is 2.99. The number of rotatable bonds is 2. The smallest absolute Gasteiger partial charge is 0.227 e. The first-order valence-corrected chi connectivity index (χ1v) is 7.91. The van der Waals surface area contributed by atoms with Gasteiger partial charge in [0.2, 0.25) is 11.8 Å². The molecule has 4 rings (SSSR count).